The van der Waals surface area contributed by atoms with Crippen LogP contribution >= 0.6 is 22.9 Å². The van der Waals surface area contributed by atoms with Crippen molar-refractivity contribution < 1.29 is 29.0 Å². The Morgan fingerprint density at radius 3 is 2.84 bits per heavy atom. The number of piperidine rings is 1. The van der Waals surface area contributed by atoms with E-state index in [9.17, 15) is 19.5 Å². The second kappa shape index (κ2) is 8.38. The minimum atomic E-state index is -0.603. The lowest BCUT2D eigenvalue weighted by Crippen LogP contribution is -2.45. The van der Waals surface area contributed by atoms with E-state index in [1.165, 1.54) is 11.3 Å². The van der Waals surface area contributed by atoms with E-state index < -0.39 is 18.3 Å². The molecule has 0 saturated carbocycles. The Hall–Kier alpha value is -2.62. The second-order valence-corrected chi connectivity index (χ2v) is 9.80. The number of carbonyl (C=O) groups is 3. The molecule has 2 amide bonds. The lowest BCUT2D eigenvalue weighted by Gasteiger charge is -2.33. The first-order valence-electron chi connectivity index (χ1n) is 10.4. The maximum absolute atomic E-state index is 12.6. The quantitative estimate of drug-likeness (QED) is 0.662. The lowest BCUT2D eigenvalue weighted by atomic mass is 10.0. The van der Waals surface area contributed by atoms with Gasteiger partial charge < -0.3 is 19.5 Å². The highest BCUT2D eigenvalue weighted by Gasteiger charge is 2.46. The number of cyclic esters (lactones) is 1. The Bertz CT molecular complexity index is 1090. The molecule has 4 heterocycles. The van der Waals surface area contributed by atoms with Gasteiger partial charge in [0.1, 0.15) is 24.5 Å². The van der Waals surface area contributed by atoms with Crippen LogP contribution in [0.25, 0.3) is 0 Å². The summed E-state index contributed by atoms with van der Waals surface area (Å²) in [5.41, 5.74) is 1.25. The average molecular weight is 477 g/mol. The normalized spacial score (nSPS) is 24.6. The summed E-state index contributed by atoms with van der Waals surface area (Å²) < 4.78 is 12.1. The van der Waals surface area contributed by atoms with Gasteiger partial charge in [-0.25, -0.2) is 4.79 Å². The van der Waals surface area contributed by atoms with Crippen molar-refractivity contribution in [3.8, 4) is 5.75 Å². The second-order valence-electron chi connectivity index (χ2n) is 8.08. The number of aliphatic hydroxyl groups excluding tert-OH is 1. The van der Waals surface area contributed by atoms with Gasteiger partial charge in [-0.05, 0) is 37.1 Å². The van der Waals surface area contributed by atoms with Gasteiger partial charge in [0.25, 0.3) is 0 Å². The SMILES string of the molecule is O=C(CC[C@@H]1OC(=O)N2c3ccc(N4CC[C@H](O)CC4=O)cc3OC[C@@H]12)c1ccc(Cl)s1. The zero-order valence-electron chi connectivity index (χ0n) is 17.0. The van der Waals surface area contributed by atoms with Crippen LogP contribution in [0.3, 0.4) is 0 Å². The number of benzene rings is 1. The van der Waals surface area contributed by atoms with Crippen molar-refractivity contribution >= 4 is 52.1 Å². The first-order valence-corrected chi connectivity index (χ1v) is 11.6. The highest BCUT2D eigenvalue weighted by molar-refractivity contribution is 7.18. The number of ether oxygens (including phenoxy) is 2. The maximum Gasteiger partial charge on any atom is 0.415 e. The molecule has 168 valence electrons. The van der Waals surface area contributed by atoms with Crippen LogP contribution in [0.4, 0.5) is 16.2 Å². The fraction of sp³-hybridized carbons (Fsp3) is 0.409. The van der Waals surface area contributed by atoms with Gasteiger partial charge in [-0.3, -0.25) is 14.5 Å². The Morgan fingerprint density at radius 1 is 1.25 bits per heavy atom. The van der Waals surface area contributed by atoms with Gasteiger partial charge >= 0.3 is 6.09 Å². The summed E-state index contributed by atoms with van der Waals surface area (Å²) in [6.45, 7) is 0.664. The number of anilines is 2. The number of fused-ring (bicyclic) bond motifs is 3. The van der Waals surface area contributed by atoms with Crippen LogP contribution in [0.1, 0.15) is 35.4 Å². The third kappa shape index (κ3) is 3.85. The molecule has 2 aromatic rings. The summed E-state index contributed by atoms with van der Waals surface area (Å²) >= 11 is 7.14. The summed E-state index contributed by atoms with van der Waals surface area (Å²) in [5, 5.41) is 9.68. The molecule has 1 aromatic heterocycles. The van der Waals surface area contributed by atoms with Gasteiger partial charge in [0.15, 0.2) is 5.78 Å². The highest BCUT2D eigenvalue weighted by atomic mass is 35.5. The molecule has 3 aliphatic rings. The monoisotopic (exact) mass is 476 g/mol. The number of hydrogen-bond acceptors (Lipinski definition) is 7. The molecule has 0 aliphatic carbocycles. The number of Topliss-reactive ketones (excluding diaryl/α,β-unsaturated/α-hetero) is 1. The molecule has 0 spiro atoms. The molecule has 8 nitrogen and oxygen atoms in total. The van der Waals surface area contributed by atoms with Crippen molar-refractivity contribution in [1.82, 2.24) is 0 Å². The summed E-state index contributed by atoms with van der Waals surface area (Å²) in [6.07, 6.45) is -0.288. The number of ketones is 1. The molecule has 32 heavy (non-hydrogen) atoms. The first-order chi connectivity index (χ1) is 15.4. The summed E-state index contributed by atoms with van der Waals surface area (Å²) in [6, 6.07) is 8.32. The van der Waals surface area contributed by atoms with Gasteiger partial charge in [-0.2, -0.15) is 0 Å². The van der Waals surface area contributed by atoms with E-state index in [1.54, 1.807) is 40.1 Å². The predicted molar refractivity (Wildman–Crippen MR) is 119 cm³/mol. The molecule has 3 aliphatic heterocycles. The molecule has 0 unspecified atom stereocenters. The highest BCUT2D eigenvalue weighted by Crippen LogP contribution is 2.42. The molecule has 1 aromatic carbocycles. The molecule has 0 radical (unpaired) electrons. The van der Waals surface area contributed by atoms with Crippen LogP contribution in [0, 0.1) is 0 Å². The number of rotatable bonds is 5. The third-order valence-electron chi connectivity index (χ3n) is 6.04. The number of hydrogen-bond donors (Lipinski definition) is 1. The predicted octanol–water partition coefficient (Wildman–Crippen LogP) is 3.64. The average Bonchev–Trinajstić information content (AvgIpc) is 3.35. The molecular formula is C22H21ClN2O6S. The van der Waals surface area contributed by atoms with Crippen molar-refractivity contribution in [3.63, 3.8) is 0 Å². The van der Waals surface area contributed by atoms with E-state index in [0.29, 0.717) is 45.7 Å². The minimum absolute atomic E-state index is 0.0329. The molecule has 3 atom stereocenters. The van der Waals surface area contributed by atoms with Crippen molar-refractivity contribution in [2.45, 2.75) is 43.9 Å². The largest absolute Gasteiger partial charge is 0.489 e. The first kappa shape index (κ1) is 21.2. The van der Waals surface area contributed by atoms with Crippen LogP contribution in [0.15, 0.2) is 30.3 Å². The van der Waals surface area contributed by atoms with Gasteiger partial charge in [0.05, 0.1) is 27.4 Å². The van der Waals surface area contributed by atoms with Crippen LogP contribution in [0.5, 0.6) is 5.75 Å². The number of halogens is 1. The zero-order valence-corrected chi connectivity index (χ0v) is 18.6. The fourth-order valence-electron chi connectivity index (χ4n) is 4.39. The number of nitrogens with zero attached hydrogens (tertiary/aromatic N) is 2. The lowest BCUT2D eigenvalue weighted by molar-refractivity contribution is -0.122. The van der Waals surface area contributed by atoms with E-state index in [2.05, 4.69) is 0 Å². The minimum Gasteiger partial charge on any atom is -0.489 e. The number of aliphatic hydroxyl groups is 1. The number of amides is 2. The van der Waals surface area contributed by atoms with Crippen LogP contribution in [-0.4, -0.2) is 54.3 Å². The zero-order chi connectivity index (χ0) is 22.4. The number of thiophene rings is 1. The molecule has 10 heteroatoms. The fourth-order valence-corrected chi connectivity index (χ4v) is 5.40. The van der Waals surface area contributed by atoms with E-state index in [4.69, 9.17) is 21.1 Å². The van der Waals surface area contributed by atoms with Crippen LogP contribution in [0.2, 0.25) is 4.34 Å². The van der Waals surface area contributed by atoms with Gasteiger partial charge in [-0.1, -0.05) is 11.6 Å². The van der Waals surface area contributed by atoms with Gasteiger partial charge in [0.2, 0.25) is 5.91 Å². The third-order valence-corrected chi connectivity index (χ3v) is 7.31. The topological polar surface area (TPSA) is 96.4 Å². The van der Waals surface area contributed by atoms with Crippen LogP contribution in [-0.2, 0) is 9.53 Å². The molecular weight excluding hydrogens is 456 g/mol. The van der Waals surface area contributed by atoms with E-state index in [0.717, 1.165) is 0 Å². The maximum atomic E-state index is 12.6. The van der Waals surface area contributed by atoms with E-state index in [1.807, 2.05) is 0 Å². The molecule has 5 rings (SSSR count). The number of carbonyl (C=O) groups excluding carboxylic acids is 3. The Balaban J connectivity index is 1.29. The standard InChI is InChI=1S/C22H21ClN2O6S/c23-20-6-5-19(32-20)16(27)3-4-17-15-11-30-18-9-12(24-8-7-13(26)10-21(24)28)1-2-14(18)25(15)22(29)31-17/h1-2,5-6,9,13,15,17,26H,3-4,7-8,10-11H2/t13-,15-,17-/m0/s1. The summed E-state index contributed by atoms with van der Waals surface area (Å²) in [4.78, 5) is 41.1. The van der Waals surface area contributed by atoms with E-state index >= 15 is 0 Å². The van der Waals surface area contributed by atoms with Crippen molar-refractivity contribution in [2.75, 3.05) is 23.0 Å². The van der Waals surface area contributed by atoms with Gasteiger partial charge in [0, 0.05) is 24.7 Å². The van der Waals surface area contributed by atoms with Crippen LogP contribution < -0.4 is 14.5 Å². The smallest absolute Gasteiger partial charge is 0.415 e. The molecule has 2 fully saturated rings. The Kier molecular flexibility index (Phi) is 5.56. The molecule has 0 bridgehead atoms. The Morgan fingerprint density at radius 2 is 2.09 bits per heavy atom. The summed E-state index contributed by atoms with van der Waals surface area (Å²) in [5.74, 6) is 0.323. The molecule has 1 N–H and O–H groups in total. The Labute approximate surface area is 193 Å². The molecule has 2 saturated heterocycles. The van der Waals surface area contributed by atoms with Crippen molar-refractivity contribution in [1.29, 1.82) is 0 Å². The summed E-state index contributed by atoms with van der Waals surface area (Å²) in [7, 11) is 0. The van der Waals surface area contributed by atoms with Crippen molar-refractivity contribution in [3.05, 3.63) is 39.5 Å². The van der Waals surface area contributed by atoms with E-state index in [-0.39, 0.29) is 37.2 Å². The van der Waals surface area contributed by atoms with Gasteiger partial charge in [-0.15, -0.1) is 11.3 Å². The van der Waals surface area contributed by atoms with Crippen molar-refractivity contribution in [2.24, 2.45) is 0 Å².